The first-order valence-electron chi connectivity index (χ1n) is 5.80. The maximum Gasteiger partial charge on any atom is 0.250 e. The smallest absolute Gasteiger partial charge is 0.250 e. The van der Waals surface area contributed by atoms with E-state index in [0.717, 1.165) is 0 Å². The van der Waals surface area contributed by atoms with Crippen LogP contribution in [0.2, 0.25) is 10.0 Å². The van der Waals surface area contributed by atoms with Crippen molar-refractivity contribution in [2.24, 2.45) is 5.73 Å². The summed E-state index contributed by atoms with van der Waals surface area (Å²) in [6, 6.07) is 8.70. The van der Waals surface area contributed by atoms with Gasteiger partial charge in [-0.05, 0) is 42.6 Å². The van der Waals surface area contributed by atoms with Gasteiger partial charge in [-0.25, -0.2) is 0 Å². The Labute approximate surface area is 136 Å². The molecule has 1 aromatic heterocycles. The number of halogens is 2. The third-order valence-corrected chi connectivity index (χ3v) is 3.41. The van der Waals surface area contributed by atoms with Gasteiger partial charge in [-0.2, -0.15) is 0 Å². The van der Waals surface area contributed by atoms with E-state index in [-0.39, 0.29) is 5.11 Å². The summed E-state index contributed by atoms with van der Waals surface area (Å²) in [5.41, 5.74) is 5.87. The fraction of sp³-hybridized carbons (Fsp3) is 0. The number of benzene rings is 1. The molecule has 0 unspecified atom stereocenters. The summed E-state index contributed by atoms with van der Waals surface area (Å²) in [5, 5.41) is 3.04. The van der Waals surface area contributed by atoms with Crippen molar-refractivity contribution in [2.75, 3.05) is 0 Å². The van der Waals surface area contributed by atoms with Crippen LogP contribution in [0.25, 0.3) is 17.4 Å². The van der Waals surface area contributed by atoms with Gasteiger partial charge in [0.1, 0.15) is 11.5 Å². The summed E-state index contributed by atoms with van der Waals surface area (Å²) in [4.78, 5) is 11.4. The SMILES string of the molecule is NC(=S)NC(=O)/C=C/c1ccc(-c2cccc(Cl)c2Cl)o1. The van der Waals surface area contributed by atoms with Crippen molar-refractivity contribution < 1.29 is 9.21 Å². The minimum atomic E-state index is -0.429. The predicted molar refractivity (Wildman–Crippen MR) is 88.1 cm³/mol. The lowest BCUT2D eigenvalue weighted by molar-refractivity contribution is -0.115. The van der Waals surface area contributed by atoms with Gasteiger partial charge in [0.2, 0.25) is 5.91 Å². The molecule has 0 aliphatic carbocycles. The highest BCUT2D eigenvalue weighted by Gasteiger charge is 2.10. The summed E-state index contributed by atoms with van der Waals surface area (Å²) < 4.78 is 5.59. The molecule has 2 rings (SSSR count). The zero-order chi connectivity index (χ0) is 15.4. The van der Waals surface area contributed by atoms with Crippen LogP contribution < -0.4 is 11.1 Å². The van der Waals surface area contributed by atoms with Gasteiger partial charge < -0.3 is 10.2 Å². The third kappa shape index (κ3) is 4.07. The maximum atomic E-state index is 11.4. The minimum absolute atomic E-state index is 0.0875. The van der Waals surface area contributed by atoms with E-state index >= 15 is 0 Å². The number of amides is 1. The van der Waals surface area contributed by atoms with E-state index < -0.39 is 5.91 Å². The number of furan rings is 1. The molecule has 2 aromatic rings. The van der Waals surface area contributed by atoms with Crippen LogP contribution in [-0.4, -0.2) is 11.0 Å². The summed E-state index contributed by atoms with van der Waals surface area (Å²) in [6.45, 7) is 0. The van der Waals surface area contributed by atoms with Crippen LogP contribution in [-0.2, 0) is 4.79 Å². The number of carbonyl (C=O) groups is 1. The number of rotatable bonds is 3. The van der Waals surface area contributed by atoms with Crippen LogP contribution in [0.15, 0.2) is 40.8 Å². The topological polar surface area (TPSA) is 68.3 Å². The second-order valence-electron chi connectivity index (χ2n) is 3.99. The predicted octanol–water partition coefficient (Wildman–Crippen LogP) is 3.63. The van der Waals surface area contributed by atoms with Crippen LogP contribution in [0.1, 0.15) is 5.76 Å². The fourth-order valence-electron chi connectivity index (χ4n) is 1.60. The molecule has 4 nitrogen and oxygen atoms in total. The molecular formula is C14H10Cl2N2O2S. The van der Waals surface area contributed by atoms with E-state index in [1.54, 1.807) is 30.3 Å². The summed E-state index contributed by atoms with van der Waals surface area (Å²) in [7, 11) is 0. The van der Waals surface area contributed by atoms with Gasteiger partial charge in [-0.3, -0.25) is 10.1 Å². The van der Waals surface area contributed by atoms with Gasteiger partial charge in [-0.1, -0.05) is 29.3 Å². The standard InChI is InChI=1S/C14H10Cl2N2O2S/c15-10-3-1-2-9(13(10)16)11-6-4-8(20-11)5-7-12(19)18-14(17)21/h1-7H,(H3,17,18,19,21)/b7-5+. The van der Waals surface area contributed by atoms with Crippen LogP contribution in [0, 0.1) is 0 Å². The number of thiocarbonyl (C=S) groups is 1. The molecule has 3 N–H and O–H groups in total. The molecule has 7 heteroatoms. The lowest BCUT2D eigenvalue weighted by Gasteiger charge is -2.01. The van der Waals surface area contributed by atoms with Crippen LogP contribution in [0.3, 0.4) is 0 Å². The number of hydrogen-bond acceptors (Lipinski definition) is 3. The third-order valence-electron chi connectivity index (χ3n) is 2.49. The van der Waals surface area contributed by atoms with E-state index in [1.807, 2.05) is 0 Å². The highest BCUT2D eigenvalue weighted by atomic mass is 35.5. The first kappa shape index (κ1) is 15.6. The molecule has 0 saturated carbocycles. The molecule has 1 heterocycles. The molecule has 21 heavy (non-hydrogen) atoms. The van der Waals surface area contributed by atoms with E-state index in [0.29, 0.717) is 27.1 Å². The van der Waals surface area contributed by atoms with Crippen LogP contribution >= 0.6 is 35.4 Å². The van der Waals surface area contributed by atoms with E-state index in [2.05, 4.69) is 17.5 Å². The van der Waals surface area contributed by atoms with Crippen molar-refractivity contribution in [3.05, 3.63) is 52.2 Å². The zero-order valence-electron chi connectivity index (χ0n) is 10.6. The van der Waals surface area contributed by atoms with Gasteiger partial charge in [0.15, 0.2) is 5.11 Å². The van der Waals surface area contributed by atoms with Gasteiger partial charge in [0.25, 0.3) is 0 Å². The average molecular weight is 341 g/mol. The van der Waals surface area contributed by atoms with Crippen molar-refractivity contribution in [3.63, 3.8) is 0 Å². The Morgan fingerprint density at radius 1 is 1.29 bits per heavy atom. The number of nitrogens with two attached hydrogens (primary N) is 1. The van der Waals surface area contributed by atoms with Crippen molar-refractivity contribution in [1.82, 2.24) is 5.32 Å². The van der Waals surface area contributed by atoms with Crippen molar-refractivity contribution in [1.29, 1.82) is 0 Å². The van der Waals surface area contributed by atoms with Crippen LogP contribution in [0.4, 0.5) is 0 Å². The minimum Gasteiger partial charge on any atom is -0.457 e. The summed E-state index contributed by atoms with van der Waals surface area (Å²) in [6.07, 6.45) is 2.76. The largest absolute Gasteiger partial charge is 0.457 e. The Balaban J connectivity index is 2.19. The Morgan fingerprint density at radius 3 is 2.76 bits per heavy atom. The Kier molecular flexibility index (Phi) is 5.01. The van der Waals surface area contributed by atoms with Gasteiger partial charge >= 0.3 is 0 Å². The molecule has 0 radical (unpaired) electrons. The summed E-state index contributed by atoms with van der Waals surface area (Å²) in [5.74, 6) is 0.609. The second-order valence-corrected chi connectivity index (χ2v) is 5.22. The maximum absolute atomic E-state index is 11.4. The normalized spacial score (nSPS) is 10.8. The quantitative estimate of drug-likeness (QED) is 0.661. The monoisotopic (exact) mass is 340 g/mol. The van der Waals surface area contributed by atoms with Gasteiger partial charge in [-0.15, -0.1) is 0 Å². The highest BCUT2D eigenvalue weighted by Crippen LogP contribution is 2.34. The Bertz CT molecular complexity index is 726. The lowest BCUT2D eigenvalue weighted by Crippen LogP contribution is -2.33. The van der Waals surface area contributed by atoms with Gasteiger partial charge in [0, 0.05) is 11.6 Å². The fourth-order valence-corrected chi connectivity index (χ4v) is 2.10. The molecule has 0 spiro atoms. The Morgan fingerprint density at radius 2 is 2.05 bits per heavy atom. The molecule has 0 aliphatic heterocycles. The second kappa shape index (κ2) is 6.76. The average Bonchev–Trinajstić information content (AvgIpc) is 2.87. The summed E-state index contributed by atoms with van der Waals surface area (Å²) >= 11 is 16.6. The molecule has 0 bridgehead atoms. The molecule has 108 valence electrons. The first-order valence-corrected chi connectivity index (χ1v) is 6.96. The molecule has 1 aromatic carbocycles. The first-order chi connectivity index (χ1) is 9.97. The van der Waals surface area contributed by atoms with Crippen molar-refractivity contribution in [3.8, 4) is 11.3 Å². The van der Waals surface area contributed by atoms with E-state index in [9.17, 15) is 4.79 Å². The van der Waals surface area contributed by atoms with Crippen molar-refractivity contribution >= 4 is 52.5 Å². The highest BCUT2D eigenvalue weighted by molar-refractivity contribution is 7.80. The van der Waals surface area contributed by atoms with Gasteiger partial charge in [0.05, 0.1) is 10.0 Å². The lowest BCUT2D eigenvalue weighted by atomic mass is 10.2. The molecule has 1 amide bonds. The van der Waals surface area contributed by atoms with E-state index in [1.165, 1.54) is 12.2 Å². The zero-order valence-corrected chi connectivity index (χ0v) is 12.9. The molecular weight excluding hydrogens is 331 g/mol. The number of nitrogens with one attached hydrogen (secondary N) is 1. The Hall–Kier alpha value is -1.82. The molecule has 0 fully saturated rings. The molecule has 0 atom stereocenters. The molecule has 0 saturated heterocycles. The van der Waals surface area contributed by atoms with Crippen molar-refractivity contribution in [2.45, 2.75) is 0 Å². The van der Waals surface area contributed by atoms with Crippen LogP contribution in [0.5, 0.6) is 0 Å². The number of hydrogen-bond donors (Lipinski definition) is 2. The number of carbonyl (C=O) groups excluding carboxylic acids is 1. The molecule has 0 aliphatic rings. The van der Waals surface area contributed by atoms with E-state index in [4.69, 9.17) is 33.4 Å².